The maximum atomic E-state index is 6.45. The lowest BCUT2D eigenvalue weighted by Gasteiger charge is -2.29. The van der Waals surface area contributed by atoms with Crippen molar-refractivity contribution in [3.8, 4) is 0 Å². The van der Waals surface area contributed by atoms with Crippen LogP contribution < -0.4 is 5.73 Å². The van der Waals surface area contributed by atoms with Crippen LogP contribution in [-0.2, 0) is 0 Å². The minimum Gasteiger partial charge on any atom is -0.323 e. The van der Waals surface area contributed by atoms with E-state index < -0.39 is 0 Å². The molecule has 1 saturated heterocycles. The number of hydrogen-bond acceptors (Lipinski definition) is 3. The van der Waals surface area contributed by atoms with E-state index in [0.717, 1.165) is 13.1 Å². The zero-order chi connectivity index (χ0) is 14.7. The first-order valence-electron chi connectivity index (χ1n) is 7.68. The molecule has 3 heteroatoms. The molecule has 20 heavy (non-hydrogen) atoms. The first-order chi connectivity index (χ1) is 9.45. The Balaban J connectivity index is 2.01. The third kappa shape index (κ3) is 4.05. The fourth-order valence-corrected chi connectivity index (χ4v) is 3.35. The normalized spacial score (nSPS) is 21.6. The van der Waals surface area contributed by atoms with E-state index in [-0.39, 0.29) is 6.04 Å². The highest BCUT2D eigenvalue weighted by atomic mass is 15.2. The van der Waals surface area contributed by atoms with E-state index in [9.17, 15) is 0 Å². The topological polar surface area (TPSA) is 32.5 Å². The monoisotopic (exact) mass is 275 g/mol. The molecule has 112 valence electrons. The van der Waals surface area contributed by atoms with E-state index in [1.807, 2.05) is 0 Å². The minimum atomic E-state index is 0.122. The lowest BCUT2D eigenvalue weighted by Crippen LogP contribution is -2.41. The van der Waals surface area contributed by atoms with Gasteiger partial charge in [-0.05, 0) is 52.9 Å². The zero-order valence-corrected chi connectivity index (χ0v) is 13.4. The third-order valence-electron chi connectivity index (χ3n) is 4.18. The standard InChI is InChI=1S/C17H29N3/c1-13-8-14(2)10-15(9-13)17(18)12-20-7-5-6-16(20)11-19(3)4/h8-10,16-17H,5-7,11-12,18H2,1-4H3. The largest absolute Gasteiger partial charge is 0.323 e. The van der Waals surface area contributed by atoms with Crippen LogP contribution >= 0.6 is 0 Å². The summed E-state index contributed by atoms with van der Waals surface area (Å²) < 4.78 is 0. The van der Waals surface area contributed by atoms with Gasteiger partial charge in [0.1, 0.15) is 0 Å². The highest BCUT2D eigenvalue weighted by Crippen LogP contribution is 2.22. The Bertz CT molecular complexity index is 422. The van der Waals surface area contributed by atoms with E-state index >= 15 is 0 Å². The van der Waals surface area contributed by atoms with Gasteiger partial charge in [-0.15, -0.1) is 0 Å². The van der Waals surface area contributed by atoms with Crippen molar-refractivity contribution >= 4 is 0 Å². The van der Waals surface area contributed by atoms with Crippen LogP contribution in [0.4, 0.5) is 0 Å². The van der Waals surface area contributed by atoms with Gasteiger partial charge in [0.15, 0.2) is 0 Å². The number of likely N-dealkylation sites (tertiary alicyclic amines) is 1. The van der Waals surface area contributed by atoms with Crippen molar-refractivity contribution in [1.82, 2.24) is 9.80 Å². The molecule has 2 rings (SSSR count). The molecule has 2 unspecified atom stereocenters. The third-order valence-corrected chi connectivity index (χ3v) is 4.18. The maximum Gasteiger partial charge on any atom is 0.0424 e. The summed E-state index contributed by atoms with van der Waals surface area (Å²) in [5.74, 6) is 0. The number of aryl methyl sites for hydroxylation is 2. The predicted molar refractivity (Wildman–Crippen MR) is 86.0 cm³/mol. The summed E-state index contributed by atoms with van der Waals surface area (Å²) >= 11 is 0. The number of hydrogen-bond donors (Lipinski definition) is 1. The van der Waals surface area contributed by atoms with Crippen molar-refractivity contribution in [3.63, 3.8) is 0 Å². The van der Waals surface area contributed by atoms with E-state index in [0.29, 0.717) is 6.04 Å². The molecule has 0 amide bonds. The van der Waals surface area contributed by atoms with Crippen molar-refractivity contribution < 1.29 is 0 Å². The number of benzene rings is 1. The molecule has 2 N–H and O–H groups in total. The quantitative estimate of drug-likeness (QED) is 0.895. The van der Waals surface area contributed by atoms with Crippen LogP contribution in [-0.4, -0.2) is 49.6 Å². The summed E-state index contributed by atoms with van der Waals surface area (Å²) in [6.45, 7) is 7.60. The van der Waals surface area contributed by atoms with Crippen molar-refractivity contribution in [1.29, 1.82) is 0 Å². The van der Waals surface area contributed by atoms with Crippen LogP contribution in [0.25, 0.3) is 0 Å². The Morgan fingerprint density at radius 2 is 1.90 bits per heavy atom. The number of nitrogens with two attached hydrogens (primary N) is 1. The highest BCUT2D eigenvalue weighted by molar-refractivity contribution is 5.30. The lowest BCUT2D eigenvalue weighted by molar-refractivity contribution is 0.198. The summed E-state index contributed by atoms with van der Waals surface area (Å²) in [6, 6.07) is 7.46. The maximum absolute atomic E-state index is 6.45. The SMILES string of the molecule is Cc1cc(C)cc(C(N)CN2CCCC2CN(C)C)c1. The second-order valence-corrected chi connectivity index (χ2v) is 6.58. The summed E-state index contributed by atoms with van der Waals surface area (Å²) in [5.41, 5.74) is 10.3. The summed E-state index contributed by atoms with van der Waals surface area (Å²) in [7, 11) is 4.31. The Hall–Kier alpha value is -0.900. The van der Waals surface area contributed by atoms with Crippen molar-refractivity contribution in [2.45, 2.75) is 38.8 Å². The Labute approximate surface area is 123 Å². The van der Waals surface area contributed by atoms with Gasteiger partial charge < -0.3 is 10.6 Å². The first kappa shape index (κ1) is 15.5. The Kier molecular flexibility index (Phi) is 5.19. The van der Waals surface area contributed by atoms with Crippen molar-refractivity contribution in [2.75, 3.05) is 33.7 Å². The Morgan fingerprint density at radius 3 is 2.50 bits per heavy atom. The second-order valence-electron chi connectivity index (χ2n) is 6.58. The van der Waals surface area contributed by atoms with Crippen LogP contribution in [0.3, 0.4) is 0 Å². The molecule has 0 radical (unpaired) electrons. The second kappa shape index (κ2) is 6.70. The molecule has 0 aliphatic carbocycles. The van der Waals surface area contributed by atoms with E-state index in [2.05, 4.69) is 55.9 Å². The van der Waals surface area contributed by atoms with Crippen LogP contribution in [0.2, 0.25) is 0 Å². The summed E-state index contributed by atoms with van der Waals surface area (Å²) in [5, 5.41) is 0. The number of likely N-dealkylation sites (N-methyl/N-ethyl adjacent to an activating group) is 1. The van der Waals surface area contributed by atoms with Gasteiger partial charge in [-0.1, -0.05) is 29.3 Å². The molecule has 1 heterocycles. The fraction of sp³-hybridized carbons (Fsp3) is 0.647. The zero-order valence-electron chi connectivity index (χ0n) is 13.4. The van der Waals surface area contributed by atoms with E-state index in [1.165, 1.54) is 36.1 Å². The van der Waals surface area contributed by atoms with Crippen LogP contribution in [0.5, 0.6) is 0 Å². The van der Waals surface area contributed by atoms with Crippen LogP contribution in [0.15, 0.2) is 18.2 Å². The fourth-order valence-electron chi connectivity index (χ4n) is 3.35. The molecule has 1 fully saturated rings. The van der Waals surface area contributed by atoms with Crippen LogP contribution in [0, 0.1) is 13.8 Å². The van der Waals surface area contributed by atoms with Gasteiger partial charge in [0.25, 0.3) is 0 Å². The average Bonchev–Trinajstić information content (AvgIpc) is 2.74. The van der Waals surface area contributed by atoms with Gasteiger partial charge in [0.2, 0.25) is 0 Å². The molecule has 0 spiro atoms. The van der Waals surface area contributed by atoms with E-state index in [4.69, 9.17) is 5.73 Å². The highest BCUT2D eigenvalue weighted by Gasteiger charge is 2.26. The van der Waals surface area contributed by atoms with E-state index in [1.54, 1.807) is 0 Å². The van der Waals surface area contributed by atoms with Gasteiger partial charge in [-0.25, -0.2) is 0 Å². The lowest BCUT2D eigenvalue weighted by atomic mass is 10.0. The van der Waals surface area contributed by atoms with Gasteiger partial charge >= 0.3 is 0 Å². The molecule has 1 aliphatic rings. The molecule has 0 saturated carbocycles. The molecular weight excluding hydrogens is 246 g/mol. The van der Waals surface area contributed by atoms with Crippen molar-refractivity contribution in [3.05, 3.63) is 34.9 Å². The molecule has 3 nitrogen and oxygen atoms in total. The van der Waals surface area contributed by atoms with Gasteiger partial charge in [0, 0.05) is 25.2 Å². The number of rotatable bonds is 5. The average molecular weight is 275 g/mol. The molecule has 0 aromatic heterocycles. The Morgan fingerprint density at radius 1 is 1.25 bits per heavy atom. The van der Waals surface area contributed by atoms with Gasteiger partial charge in [0.05, 0.1) is 0 Å². The molecule has 2 atom stereocenters. The van der Waals surface area contributed by atoms with Crippen molar-refractivity contribution in [2.24, 2.45) is 5.73 Å². The number of nitrogens with zero attached hydrogens (tertiary/aromatic N) is 2. The molecular formula is C17H29N3. The summed E-state index contributed by atoms with van der Waals surface area (Å²) in [6.07, 6.45) is 2.61. The molecule has 1 aromatic rings. The predicted octanol–water partition coefficient (Wildman–Crippen LogP) is 2.33. The molecule has 1 aromatic carbocycles. The van der Waals surface area contributed by atoms with Gasteiger partial charge in [-0.3, -0.25) is 4.90 Å². The minimum absolute atomic E-state index is 0.122. The smallest absolute Gasteiger partial charge is 0.0424 e. The van der Waals surface area contributed by atoms with Crippen LogP contribution in [0.1, 0.15) is 35.6 Å². The first-order valence-corrected chi connectivity index (χ1v) is 7.68. The summed E-state index contributed by atoms with van der Waals surface area (Å²) in [4.78, 5) is 4.85. The van der Waals surface area contributed by atoms with Gasteiger partial charge in [-0.2, -0.15) is 0 Å². The molecule has 0 bridgehead atoms. The molecule has 1 aliphatic heterocycles.